The van der Waals surface area contributed by atoms with Crippen LogP contribution < -0.4 is 5.32 Å². The fourth-order valence-corrected chi connectivity index (χ4v) is 2.56. The predicted molar refractivity (Wildman–Crippen MR) is 90.1 cm³/mol. The van der Waals surface area contributed by atoms with E-state index in [1.54, 1.807) is 6.20 Å². The van der Waals surface area contributed by atoms with Gasteiger partial charge in [-0.25, -0.2) is 0 Å². The molecule has 0 atom stereocenters. The third kappa shape index (κ3) is 3.29. The van der Waals surface area contributed by atoms with Gasteiger partial charge >= 0.3 is 0 Å². The van der Waals surface area contributed by atoms with E-state index in [0.29, 0.717) is 10.9 Å². The van der Waals surface area contributed by atoms with Gasteiger partial charge in [0.15, 0.2) is 0 Å². The molecular formula is C17H14Cl2N2. The van der Waals surface area contributed by atoms with E-state index < -0.39 is 0 Å². The lowest BCUT2D eigenvalue weighted by atomic mass is 10.1. The number of nitrogens with one attached hydrogen (secondary N) is 1. The van der Waals surface area contributed by atoms with Gasteiger partial charge in [-0.1, -0.05) is 35.9 Å². The van der Waals surface area contributed by atoms with Crippen molar-refractivity contribution in [2.24, 2.45) is 0 Å². The standard InChI is InChI=1S/C17H14Cl2N2/c18-10-12-1-3-13(4-2-12)11-21-16-7-8-20-17-9-14(19)5-6-15(16)17/h1-9H,10-11H2,(H,20,21). The molecule has 0 aliphatic rings. The summed E-state index contributed by atoms with van der Waals surface area (Å²) in [6.07, 6.45) is 1.79. The van der Waals surface area contributed by atoms with Crippen molar-refractivity contribution in [3.8, 4) is 0 Å². The molecule has 0 saturated heterocycles. The molecule has 2 nitrogen and oxygen atoms in total. The van der Waals surface area contributed by atoms with Gasteiger partial charge in [0, 0.05) is 34.7 Å². The number of aromatic nitrogens is 1. The SMILES string of the molecule is ClCc1ccc(CNc2ccnc3cc(Cl)ccc23)cc1. The number of benzene rings is 2. The van der Waals surface area contributed by atoms with Crippen molar-refractivity contribution in [1.82, 2.24) is 4.98 Å². The number of nitrogens with zero attached hydrogens (tertiary/aromatic N) is 1. The summed E-state index contributed by atoms with van der Waals surface area (Å²) in [5.41, 5.74) is 4.29. The van der Waals surface area contributed by atoms with Gasteiger partial charge in [-0.2, -0.15) is 0 Å². The van der Waals surface area contributed by atoms with Crippen LogP contribution in [-0.4, -0.2) is 4.98 Å². The van der Waals surface area contributed by atoms with Gasteiger partial charge in [0.25, 0.3) is 0 Å². The first-order chi connectivity index (χ1) is 10.3. The van der Waals surface area contributed by atoms with Crippen LogP contribution in [0.1, 0.15) is 11.1 Å². The van der Waals surface area contributed by atoms with Gasteiger partial charge in [0.2, 0.25) is 0 Å². The van der Waals surface area contributed by atoms with E-state index in [1.165, 1.54) is 5.56 Å². The first-order valence-electron chi connectivity index (χ1n) is 6.68. The van der Waals surface area contributed by atoms with Crippen LogP contribution >= 0.6 is 23.2 Å². The van der Waals surface area contributed by atoms with Gasteiger partial charge in [0.1, 0.15) is 0 Å². The van der Waals surface area contributed by atoms with Crippen LogP contribution in [0.2, 0.25) is 5.02 Å². The maximum Gasteiger partial charge on any atom is 0.0737 e. The molecule has 0 aliphatic heterocycles. The minimum atomic E-state index is 0.545. The second-order valence-electron chi connectivity index (χ2n) is 4.82. The topological polar surface area (TPSA) is 24.9 Å². The summed E-state index contributed by atoms with van der Waals surface area (Å²) >= 11 is 11.8. The van der Waals surface area contributed by atoms with E-state index >= 15 is 0 Å². The Morgan fingerprint density at radius 3 is 2.48 bits per heavy atom. The molecule has 0 spiro atoms. The molecule has 1 N–H and O–H groups in total. The molecule has 0 amide bonds. The van der Waals surface area contributed by atoms with Crippen LogP contribution in [0, 0.1) is 0 Å². The van der Waals surface area contributed by atoms with Crippen molar-refractivity contribution in [2.75, 3.05) is 5.32 Å². The van der Waals surface area contributed by atoms with Crippen molar-refractivity contribution in [1.29, 1.82) is 0 Å². The normalized spacial score (nSPS) is 10.8. The van der Waals surface area contributed by atoms with Crippen LogP contribution in [0.5, 0.6) is 0 Å². The van der Waals surface area contributed by atoms with Crippen LogP contribution in [0.3, 0.4) is 0 Å². The summed E-state index contributed by atoms with van der Waals surface area (Å²) in [7, 11) is 0. The summed E-state index contributed by atoms with van der Waals surface area (Å²) in [5, 5.41) is 5.21. The Morgan fingerprint density at radius 1 is 0.952 bits per heavy atom. The molecule has 0 radical (unpaired) electrons. The molecule has 1 aromatic heterocycles. The quantitative estimate of drug-likeness (QED) is 0.666. The molecule has 0 saturated carbocycles. The van der Waals surface area contributed by atoms with E-state index in [9.17, 15) is 0 Å². The Kier molecular flexibility index (Phi) is 4.28. The second-order valence-corrected chi connectivity index (χ2v) is 5.53. The van der Waals surface area contributed by atoms with Crippen LogP contribution in [0.15, 0.2) is 54.7 Å². The molecule has 3 rings (SSSR count). The van der Waals surface area contributed by atoms with Gasteiger partial charge < -0.3 is 5.32 Å². The average Bonchev–Trinajstić information content (AvgIpc) is 2.53. The van der Waals surface area contributed by atoms with E-state index in [1.807, 2.05) is 24.3 Å². The number of hydrogen-bond donors (Lipinski definition) is 1. The van der Waals surface area contributed by atoms with Gasteiger partial charge in [0.05, 0.1) is 5.52 Å². The fourth-order valence-electron chi connectivity index (χ4n) is 2.22. The first kappa shape index (κ1) is 14.2. The molecule has 21 heavy (non-hydrogen) atoms. The zero-order valence-corrected chi connectivity index (χ0v) is 12.8. The van der Waals surface area contributed by atoms with Gasteiger partial charge in [-0.15, -0.1) is 11.6 Å². The molecule has 0 unspecified atom stereocenters. The van der Waals surface area contributed by atoms with Gasteiger partial charge in [-0.05, 0) is 35.4 Å². The molecule has 0 bridgehead atoms. The van der Waals surface area contributed by atoms with Crippen molar-refractivity contribution in [2.45, 2.75) is 12.4 Å². The molecule has 1 heterocycles. The van der Waals surface area contributed by atoms with E-state index in [0.717, 1.165) is 28.7 Å². The highest BCUT2D eigenvalue weighted by atomic mass is 35.5. The Bertz CT molecular complexity index is 754. The average molecular weight is 317 g/mol. The summed E-state index contributed by atoms with van der Waals surface area (Å²) < 4.78 is 0. The van der Waals surface area contributed by atoms with E-state index in [-0.39, 0.29) is 0 Å². The number of halogens is 2. The molecule has 0 fully saturated rings. The zero-order chi connectivity index (χ0) is 14.7. The smallest absolute Gasteiger partial charge is 0.0737 e. The Balaban J connectivity index is 1.81. The largest absolute Gasteiger partial charge is 0.380 e. The lowest BCUT2D eigenvalue weighted by Crippen LogP contribution is -2.00. The lowest BCUT2D eigenvalue weighted by Gasteiger charge is -2.10. The van der Waals surface area contributed by atoms with Crippen molar-refractivity contribution in [3.63, 3.8) is 0 Å². The molecule has 106 valence electrons. The highest BCUT2D eigenvalue weighted by Gasteiger charge is 2.02. The Morgan fingerprint density at radius 2 is 1.71 bits per heavy atom. The first-order valence-corrected chi connectivity index (χ1v) is 7.59. The Hall–Kier alpha value is -1.77. The molecular weight excluding hydrogens is 303 g/mol. The summed E-state index contributed by atoms with van der Waals surface area (Å²) in [6, 6.07) is 16.0. The zero-order valence-electron chi connectivity index (χ0n) is 11.3. The maximum atomic E-state index is 6.00. The predicted octanol–water partition coefficient (Wildman–Crippen LogP) is 5.24. The Labute approximate surface area is 133 Å². The van der Waals surface area contributed by atoms with Gasteiger partial charge in [-0.3, -0.25) is 4.98 Å². The highest BCUT2D eigenvalue weighted by molar-refractivity contribution is 6.31. The summed E-state index contributed by atoms with van der Waals surface area (Å²) in [5.74, 6) is 0.545. The van der Waals surface area contributed by atoms with E-state index in [4.69, 9.17) is 23.2 Å². The number of hydrogen-bond acceptors (Lipinski definition) is 2. The summed E-state index contributed by atoms with van der Waals surface area (Å²) in [4.78, 5) is 4.34. The molecule has 2 aromatic carbocycles. The molecule has 3 aromatic rings. The number of anilines is 1. The highest BCUT2D eigenvalue weighted by Crippen LogP contribution is 2.24. The third-order valence-electron chi connectivity index (χ3n) is 3.37. The fraction of sp³-hybridized carbons (Fsp3) is 0.118. The number of alkyl halides is 1. The van der Waals surface area contributed by atoms with Crippen LogP contribution in [0.4, 0.5) is 5.69 Å². The second kappa shape index (κ2) is 6.33. The molecule has 0 aliphatic carbocycles. The number of rotatable bonds is 4. The maximum absolute atomic E-state index is 6.00. The number of pyridine rings is 1. The van der Waals surface area contributed by atoms with Crippen molar-refractivity contribution < 1.29 is 0 Å². The van der Waals surface area contributed by atoms with Crippen LogP contribution in [0.25, 0.3) is 10.9 Å². The third-order valence-corrected chi connectivity index (χ3v) is 3.91. The van der Waals surface area contributed by atoms with Crippen molar-refractivity contribution in [3.05, 3.63) is 70.9 Å². The summed E-state index contributed by atoms with van der Waals surface area (Å²) in [6.45, 7) is 0.754. The monoisotopic (exact) mass is 316 g/mol. The van der Waals surface area contributed by atoms with Crippen molar-refractivity contribution >= 4 is 39.8 Å². The minimum absolute atomic E-state index is 0.545. The lowest BCUT2D eigenvalue weighted by molar-refractivity contribution is 1.14. The number of fused-ring (bicyclic) bond motifs is 1. The minimum Gasteiger partial charge on any atom is -0.380 e. The van der Waals surface area contributed by atoms with Crippen LogP contribution in [-0.2, 0) is 12.4 Å². The van der Waals surface area contributed by atoms with E-state index in [2.05, 4.69) is 34.6 Å². The molecule has 4 heteroatoms.